The number of carbonyl (C=O) groups excluding carboxylic acids is 1. The molecule has 0 bridgehead atoms. The zero-order chi connectivity index (χ0) is 16.1. The number of hydrogen-bond donors (Lipinski definition) is 2. The van der Waals surface area contributed by atoms with Crippen molar-refractivity contribution in [2.45, 2.75) is 32.7 Å². The number of aromatic nitrogens is 3. The summed E-state index contributed by atoms with van der Waals surface area (Å²) < 4.78 is 1.66. The number of nitrogens with one attached hydrogen (secondary N) is 1. The van der Waals surface area contributed by atoms with Gasteiger partial charge in [-0.15, -0.1) is 17.5 Å². The monoisotopic (exact) mass is 357 g/mol. The second-order valence-corrected chi connectivity index (χ2v) is 5.57. The molecule has 0 aliphatic carbocycles. The van der Waals surface area contributed by atoms with Crippen LogP contribution in [0.15, 0.2) is 24.3 Å². The Kier molecular flexibility index (Phi) is 7.48. The molecule has 0 saturated carbocycles. The molecule has 1 aromatic heterocycles. The Labute approximate surface area is 146 Å². The average Bonchev–Trinajstić information content (AvgIpc) is 2.91. The maximum absolute atomic E-state index is 12.3. The molecule has 2 rings (SSSR count). The highest BCUT2D eigenvalue weighted by Gasteiger charge is 2.21. The minimum atomic E-state index is -0.255. The van der Waals surface area contributed by atoms with E-state index in [9.17, 15) is 4.79 Å². The number of benzene rings is 1. The first-order chi connectivity index (χ1) is 10.6. The first-order valence-corrected chi connectivity index (χ1v) is 7.66. The van der Waals surface area contributed by atoms with Crippen LogP contribution in [0.5, 0.6) is 0 Å². The van der Waals surface area contributed by atoms with Gasteiger partial charge in [0.25, 0.3) is 5.91 Å². The standard InChI is InChI=1S/C15H20ClN5O.ClH/c1-3-5-13-14(15(22)18-10(2)9-17)19-20-21(13)12-7-4-6-11(16)8-12;/h4,6-8,10H,3,5,9,17H2,1-2H3,(H,18,22);1H/t10-;/m0./s1. The molecule has 0 fully saturated rings. The fourth-order valence-electron chi connectivity index (χ4n) is 2.11. The molecule has 3 N–H and O–H groups in total. The van der Waals surface area contributed by atoms with Crippen LogP contribution in [0.2, 0.25) is 5.02 Å². The minimum absolute atomic E-state index is 0. The Hall–Kier alpha value is -1.63. The van der Waals surface area contributed by atoms with Crippen molar-refractivity contribution in [2.24, 2.45) is 5.73 Å². The molecule has 0 radical (unpaired) electrons. The number of nitrogens with two attached hydrogens (primary N) is 1. The maximum Gasteiger partial charge on any atom is 0.274 e. The minimum Gasteiger partial charge on any atom is -0.347 e. The van der Waals surface area contributed by atoms with E-state index in [1.807, 2.05) is 26.0 Å². The first kappa shape index (κ1) is 19.4. The van der Waals surface area contributed by atoms with Crippen LogP contribution in [-0.4, -0.2) is 33.5 Å². The summed E-state index contributed by atoms with van der Waals surface area (Å²) in [6.45, 7) is 4.26. The molecule has 1 aromatic carbocycles. The fraction of sp³-hybridized carbons (Fsp3) is 0.400. The van der Waals surface area contributed by atoms with Gasteiger partial charge in [-0.25, -0.2) is 4.68 Å². The van der Waals surface area contributed by atoms with E-state index in [0.29, 0.717) is 23.7 Å². The molecule has 2 aromatic rings. The Morgan fingerprint density at radius 1 is 1.48 bits per heavy atom. The number of halogens is 2. The topological polar surface area (TPSA) is 85.8 Å². The third kappa shape index (κ3) is 4.67. The summed E-state index contributed by atoms with van der Waals surface area (Å²) in [6.07, 6.45) is 1.57. The van der Waals surface area contributed by atoms with E-state index >= 15 is 0 Å². The van der Waals surface area contributed by atoms with Gasteiger partial charge in [-0.3, -0.25) is 4.79 Å². The van der Waals surface area contributed by atoms with Crippen molar-refractivity contribution in [3.05, 3.63) is 40.7 Å². The summed E-state index contributed by atoms with van der Waals surface area (Å²) in [5.74, 6) is -0.255. The van der Waals surface area contributed by atoms with Crippen LogP contribution in [0.4, 0.5) is 0 Å². The molecular formula is C15H21Cl2N5O. The number of nitrogens with zero attached hydrogens (tertiary/aromatic N) is 3. The third-order valence-electron chi connectivity index (χ3n) is 3.25. The quantitative estimate of drug-likeness (QED) is 0.830. The van der Waals surface area contributed by atoms with Crippen molar-refractivity contribution in [2.75, 3.05) is 6.54 Å². The highest BCUT2D eigenvalue weighted by atomic mass is 35.5. The Morgan fingerprint density at radius 2 is 2.22 bits per heavy atom. The molecule has 0 unspecified atom stereocenters. The Bertz CT molecular complexity index is 659. The normalized spacial score (nSPS) is 11.7. The zero-order valence-electron chi connectivity index (χ0n) is 13.1. The van der Waals surface area contributed by atoms with E-state index in [0.717, 1.165) is 17.8 Å². The molecule has 6 nitrogen and oxygen atoms in total. The Morgan fingerprint density at radius 3 is 2.83 bits per heavy atom. The van der Waals surface area contributed by atoms with Crippen molar-refractivity contribution < 1.29 is 4.79 Å². The number of hydrogen-bond acceptors (Lipinski definition) is 4. The van der Waals surface area contributed by atoms with Gasteiger partial charge in [0.2, 0.25) is 0 Å². The van der Waals surface area contributed by atoms with Crippen LogP contribution in [0.25, 0.3) is 5.69 Å². The highest BCUT2D eigenvalue weighted by Crippen LogP contribution is 2.18. The van der Waals surface area contributed by atoms with Crippen LogP contribution in [0.1, 0.15) is 36.5 Å². The molecule has 8 heteroatoms. The zero-order valence-corrected chi connectivity index (χ0v) is 14.7. The second kappa shape index (κ2) is 8.86. The smallest absolute Gasteiger partial charge is 0.274 e. The van der Waals surface area contributed by atoms with Gasteiger partial charge in [0.1, 0.15) is 0 Å². The van der Waals surface area contributed by atoms with Gasteiger partial charge in [0, 0.05) is 17.6 Å². The number of carbonyl (C=O) groups is 1. The van der Waals surface area contributed by atoms with Crippen molar-refractivity contribution in [3.8, 4) is 5.69 Å². The second-order valence-electron chi connectivity index (χ2n) is 5.14. The predicted octanol–water partition coefficient (Wildman–Crippen LogP) is 2.37. The van der Waals surface area contributed by atoms with E-state index in [1.54, 1.807) is 16.8 Å². The lowest BCUT2D eigenvalue weighted by Gasteiger charge is -2.11. The average molecular weight is 358 g/mol. The van der Waals surface area contributed by atoms with Gasteiger partial charge in [-0.2, -0.15) is 0 Å². The van der Waals surface area contributed by atoms with E-state index in [1.165, 1.54) is 0 Å². The SMILES string of the molecule is CCCc1c(C(=O)N[C@@H](C)CN)nnn1-c1cccc(Cl)c1.Cl. The lowest BCUT2D eigenvalue weighted by molar-refractivity contribution is 0.0935. The predicted molar refractivity (Wildman–Crippen MR) is 93.6 cm³/mol. The van der Waals surface area contributed by atoms with Crippen LogP contribution < -0.4 is 11.1 Å². The summed E-state index contributed by atoms with van der Waals surface area (Å²) in [5.41, 5.74) is 7.43. The fourth-order valence-corrected chi connectivity index (χ4v) is 2.29. The molecule has 0 saturated heterocycles. The van der Waals surface area contributed by atoms with E-state index in [-0.39, 0.29) is 24.4 Å². The highest BCUT2D eigenvalue weighted by molar-refractivity contribution is 6.30. The molecule has 1 amide bonds. The van der Waals surface area contributed by atoms with Crippen molar-refractivity contribution in [1.82, 2.24) is 20.3 Å². The van der Waals surface area contributed by atoms with Crippen molar-refractivity contribution in [3.63, 3.8) is 0 Å². The van der Waals surface area contributed by atoms with Crippen LogP contribution >= 0.6 is 24.0 Å². The van der Waals surface area contributed by atoms with Gasteiger partial charge < -0.3 is 11.1 Å². The van der Waals surface area contributed by atoms with Gasteiger partial charge in [0.05, 0.1) is 11.4 Å². The van der Waals surface area contributed by atoms with Gasteiger partial charge >= 0.3 is 0 Å². The van der Waals surface area contributed by atoms with E-state index < -0.39 is 0 Å². The molecule has 1 atom stereocenters. The van der Waals surface area contributed by atoms with Crippen molar-refractivity contribution >= 4 is 29.9 Å². The van der Waals surface area contributed by atoms with Crippen LogP contribution in [0.3, 0.4) is 0 Å². The van der Waals surface area contributed by atoms with Crippen molar-refractivity contribution in [1.29, 1.82) is 0 Å². The van der Waals surface area contributed by atoms with E-state index in [2.05, 4.69) is 15.6 Å². The molecule has 0 spiro atoms. The molecule has 126 valence electrons. The van der Waals surface area contributed by atoms with Gasteiger partial charge in [-0.05, 0) is 31.5 Å². The molecule has 23 heavy (non-hydrogen) atoms. The summed E-state index contributed by atoms with van der Waals surface area (Å²) in [4.78, 5) is 12.3. The largest absolute Gasteiger partial charge is 0.347 e. The maximum atomic E-state index is 12.3. The molecule has 0 aliphatic heterocycles. The number of rotatable bonds is 6. The van der Waals surface area contributed by atoms with Crippen LogP contribution in [0, 0.1) is 0 Å². The number of amides is 1. The van der Waals surface area contributed by atoms with Gasteiger partial charge in [-0.1, -0.05) is 36.2 Å². The lowest BCUT2D eigenvalue weighted by atomic mass is 10.2. The molecular weight excluding hydrogens is 337 g/mol. The summed E-state index contributed by atoms with van der Waals surface area (Å²) in [7, 11) is 0. The van der Waals surface area contributed by atoms with Gasteiger partial charge in [0.15, 0.2) is 5.69 Å². The molecule has 0 aliphatic rings. The first-order valence-electron chi connectivity index (χ1n) is 7.28. The summed E-state index contributed by atoms with van der Waals surface area (Å²) in [6, 6.07) is 7.19. The lowest BCUT2D eigenvalue weighted by Crippen LogP contribution is -2.38. The molecule has 1 heterocycles. The van der Waals surface area contributed by atoms with Crippen LogP contribution in [-0.2, 0) is 6.42 Å². The Balaban J connectivity index is 0.00000264. The third-order valence-corrected chi connectivity index (χ3v) is 3.48. The summed E-state index contributed by atoms with van der Waals surface area (Å²) in [5, 5.41) is 11.6. The van der Waals surface area contributed by atoms with E-state index in [4.69, 9.17) is 17.3 Å². The summed E-state index contributed by atoms with van der Waals surface area (Å²) >= 11 is 6.03.